The maximum Gasteiger partial charge on any atom is 0.0541 e. The van der Waals surface area contributed by atoms with E-state index in [9.17, 15) is 0 Å². The number of fused-ring (bicyclic) bond motifs is 4. The summed E-state index contributed by atoms with van der Waals surface area (Å²) in [5.74, 6) is 0. The topological polar surface area (TPSA) is 8.17 Å². The number of rotatable bonds is 8. The van der Waals surface area contributed by atoms with Crippen molar-refractivity contribution in [2.45, 2.75) is 0 Å². The van der Waals surface area contributed by atoms with E-state index in [-0.39, 0.29) is 0 Å². The van der Waals surface area contributed by atoms with Crippen molar-refractivity contribution in [2.75, 3.05) is 4.90 Å². The smallest absolute Gasteiger partial charge is 0.0541 e. The van der Waals surface area contributed by atoms with Gasteiger partial charge in [0.2, 0.25) is 0 Å². The molecule has 0 saturated heterocycles. The van der Waals surface area contributed by atoms with Crippen molar-refractivity contribution in [1.82, 2.24) is 4.57 Å². The third kappa shape index (κ3) is 6.23. The van der Waals surface area contributed by atoms with Gasteiger partial charge >= 0.3 is 0 Å². The van der Waals surface area contributed by atoms with Crippen molar-refractivity contribution >= 4 is 49.6 Å². The molecule has 0 saturated carbocycles. The fourth-order valence-corrected chi connectivity index (χ4v) is 9.01. The van der Waals surface area contributed by atoms with Crippen LogP contribution >= 0.6 is 0 Å². The van der Waals surface area contributed by atoms with E-state index in [1.165, 1.54) is 77.1 Å². The highest BCUT2D eigenvalue weighted by Crippen LogP contribution is 2.43. The van der Waals surface area contributed by atoms with Gasteiger partial charge in [-0.3, -0.25) is 0 Å². The van der Waals surface area contributed by atoms with Crippen LogP contribution in [0.4, 0.5) is 17.1 Å². The van der Waals surface area contributed by atoms with Crippen LogP contribution in [-0.4, -0.2) is 4.57 Å². The van der Waals surface area contributed by atoms with Crippen LogP contribution in [-0.2, 0) is 0 Å². The summed E-state index contributed by atoms with van der Waals surface area (Å²) < 4.78 is 2.37. The normalized spacial score (nSPS) is 11.3. The van der Waals surface area contributed by atoms with Gasteiger partial charge in [0.1, 0.15) is 0 Å². The minimum Gasteiger partial charge on any atom is -0.310 e. The number of aromatic nitrogens is 1. The molecule has 2 heteroatoms. The number of anilines is 3. The molecule has 11 aromatic rings. The Labute approximate surface area is 350 Å². The largest absolute Gasteiger partial charge is 0.310 e. The maximum atomic E-state index is 2.37. The van der Waals surface area contributed by atoms with E-state index in [4.69, 9.17) is 0 Å². The van der Waals surface area contributed by atoms with Gasteiger partial charge in [0.25, 0.3) is 0 Å². The lowest BCUT2D eigenvalue weighted by Crippen LogP contribution is -2.10. The van der Waals surface area contributed by atoms with E-state index >= 15 is 0 Å². The fourth-order valence-electron chi connectivity index (χ4n) is 9.01. The van der Waals surface area contributed by atoms with Crippen molar-refractivity contribution < 1.29 is 0 Å². The lowest BCUT2D eigenvalue weighted by Gasteiger charge is -2.26. The Kier molecular flexibility index (Phi) is 8.87. The third-order valence-corrected chi connectivity index (χ3v) is 11.8. The van der Waals surface area contributed by atoms with E-state index in [1.807, 2.05) is 0 Å². The molecule has 60 heavy (non-hydrogen) atoms. The van der Waals surface area contributed by atoms with Gasteiger partial charge in [-0.1, -0.05) is 182 Å². The Hall–Kier alpha value is -7.94. The molecule has 0 aliphatic rings. The first kappa shape index (κ1) is 35.2. The molecule has 0 atom stereocenters. The van der Waals surface area contributed by atoms with Gasteiger partial charge in [0, 0.05) is 33.5 Å². The molecule has 0 amide bonds. The second-order valence-corrected chi connectivity index (χ2v) is 15.3. The van der Waals surface area contributed by atoms with Gasteiger partial charge in [0.15, 0.2) is 0 Å². The average Bonchev–Trinajstić information content (AvgIpc) is 3.67. The van der Waals surface area contributed by atoms with Crippen molar-refractivity contribution in [1.29, 1.82) is 0 Å². The molecule has 0 radical (unpaired) electrons. The molecule has 10 aromatic carbocycles. The molecule has 282 valence electrons. The van der Waals surface area contributed by atoms with Gasteiger partial charge in [-0.25, -0.2) is 0 Å². The van der Waals surface area contributed by atoms with E-state index in [0.717, 1.165) is 22.7 Å². The van der Waals surface area contributed by atoms with E-state index in [2.05, 4.69) is 252 Å². The summed E-state index contributed by atoms with van der Waals surface area (Å²) in [6.45, 7) is 0. The molecule has 0 N–H and O–H groups in total. The van der Waals surface area contributed by atoms with E-state index in [1.54, 1.807) is 0 Å². The summed E-state index contributed by atoms with van der Waals surface area (Å²) in [5, 5.41) is 4.95. The van der Waals surface area contributed by atoms with Crippen LogP contribution in [0, 0.1) is 0 Å². The predicted octanol–water partition coefficient (Wildman–Crippen LogP) is 16.1. The lowest BCUT2D eigenvalue weighted by molar-refractivity contribution is 1.17. The van der Waals surface area contributed by atoms with Crippen molar-refractivity contribution in [3.05, 3.63) is 243 Å². The van der Waals surface area contributed by atoms with Crippen LogP contribution in [0.25, 0.3) is 82.8 Å². The number of benzene rings is 10. The Bertz CT molecular complexity index is 3250. The molecule has 0 aliphatic carbocycles. The average molecular weight is 765 g/mol. The Balaban J connectivity index is 1.00. The van der Waals surface area contributed by atoms with Crippen LogP contribution in [0.5, 0.6) is 0 Å². The summed E-state index contributed by atoms with van der Waals surface area (Å²) in [6, 6.07) is 87.8. The second-order valence-electron chi connectivity index (χ2n) is 15.3. The quantitative estimate of drug-likeness (QED) is 0.150. The standard InChI is InChI=1S/C58H40N2/c1-2-17-42(18-3-1)49-20-6-8-22-51(49)53-24-10-11-25-54(53)52-23-9-7-21-50(52)43-31-33-45(34-32-43)59(48-35-30-41-16-4-5-19-44(41)40-48)46-36-38-47(39-37-46)60-57-28-14-12-26-55(57)56-27-13-15-29-58(56)60/h1-40H. The predicted molar refractivity (Wildman–Crippen MR) is 255 cm³/mol. The minimum absolute atomic E-state index is 1.09. The minimum atomic E-state index is 1.09. The van der Waals surface area contributed by atoms with E-state index < -0.39 is 0 Å². The summed E-state index contributed by atoms with van der Waals surface area (Å²) >= 11 is 0. The van der Waals surface area contributed by atoms with Gasteiger partial charge in [-0.05, 0) is 116 Å². The van der Waals surface area contributed by atoms with Crippen molar-refractivity contribution in [3.8, 4) is 50.2 Å². The van der Waals surface area contributed by atoms with Crippen LogP contribution in [0.3, 0.4) is 0 Å². The number of hydrogen-bond acceptors (Lipinski definition) is 1. The second kappa shape index (κ2) is 15.1. The van der Waals surface area contributed by atoms with E-state index in [0.29, 0.717) is 0 Å². The SMILES string of the molecule is c1ccc(-c2ccccc2-c2ccccc2-c2ccccc2-c2ccc(N(c3ccc(-n4c5ccccc5c5ccccc54)cc3)c3ccc4ccccc4c3)cc2)cc1. The van der Waals surface area contributed by atoms with Crippen LogP contribution in [0.1, 0.15) is 0 Å². The highest BCUT2D eigenvalue weighted by molar-refractivity contribution is 6.09. The molecule has 0 bridgehead atoms. The summed E-state index contributed by atoms with van der Waals surface area (Å²) in [5.41, 5.74) is 16.5. The fraction of sp³-hybridized carbons (Fsp3) is 0. The maximum absolute atomic E-state index is 2.37. The molecular weight excluding hydrogens is 725 g/mol. The van der Waals surface area contributed by atoms with Gasteiger partial charge in [-0.2, -0.15) is 0 Å². The molecule has 0 spiro atoms. The van der Waals surface area contributed by atoms with Crippen molar-refractivity contribution in [2.24, 2.45) is 0 Å². The Morgan fingerprint density at radius 1 is 0.267 bits per heavy atom. The molecule has 0 fully saturated rings. The molecule has 1 aromatic heterocycles. The molecule has 1 heterocycles. The highest BCUT2D eigenvalue weighted by Gasteiger charge is 2.18. The zero-order chi connectivity index (χ0) is 39.8. The first-order chi connectivity index (χ1) is 29.8. The first-order valence-corrected chi connectivity index (χ1v) is 20.6. The Morgan fingerprint density at radius 2 is 0.667 bits per heavy atom. The van der Waals surface area contributed by atoms with Gasteiger partial charge in [0.05, 0.1) is 11.0 Å². The lowest BCUT2D eigenvalue weighted by atomic mass is 9.87. The molecule has 2 nitrogen and oxygen atoms in total. The van der Waals surface area contributed by atoms with Crippen LogP contribution < -0.4 is 4.90 Å². The summed E-state index contributed by atoms with van der Waals surface area (Å²) in [6.07, 6.45) is 0. The molecule has 0 aliphatic heterocycles. The number of nitrogens with zero attached hydrogens (tertiary/aromatic N) is 2. The van der Waals surface area contributed by atoms with Gasteiger partial charge in [-0.15, -0.1) is 0 Å². The molecular formula is C58H40N2. The van der Waals surface area contributed by atoms with Crippen LogP contribution in [0.15, 0.2) is 243 Å². The summed E-state index contributed by atoms with van der Waals surface area (Å²) in [4.78, 5) is 2.37. The molecule has 11 rings (SSSR count). The highest BCUT2D eigenvalue weighted by atomic mass is 15.1. The Morgan fingerprint density at radius 3 is 1.23 bits per heavy atom. The van der Waals surface area contributed by atoms with Crippen LogP contribution in [0.2, 0.25) is 0 Å². The monoisotopic (exact) mass is 764 g/mol. The van der Waals surface area contributed by atoms with Crippen molar-refractivity contribution in [3.63, 3.8) is 0 Å². The number of hydrogen-bond donors (Lipinski definition) is 0. The third-order valence-electron chi connectivity index (χ3n) is 11.8. The summed E-state index contributed by atoms with van der Waals surface area (Å²) in [7, 11) is 0. The zero-order valence-electron chi connectivity index (χ0n) is 33.0. The van der Waals surface area contributed by atoms with Gasteiger partial charge < -0.3 is 9.47 Å². The number of para-hydroxylation sites is 2. The molecule has 0 unspecified atom stereocenters. The first-order valence-electron chi connectivity index (χ1n) is 20.6. The zero-order valence-corrected chi connectivity index (χ0v) is 33.0.